The second kappa shape index (κ2) is 6.45. The number of nitrogens with one attached hydrogen (secondary N) is 1. The lowest BCUT2D eigenvalue weighted by Gasteiger charge is -2.61. The van der Waals surface area contributed by atoms with Crippen LogP contribution in [-0.2, 0) is 4.79 Å². The number of benzene rings is 1. The predicted molar refractivity (Wildman–Crippen MR) is 110 cm³/mol. The lowest BCUT2D eigenvalue weighted by Crippen LogP contribution is -2.62. The number of amides is 1. The number of hydrogen-bond acceptors (Lipinski definition) is 2. The standard InChI is InChI=1S/C25H33NO2/c1-24-12-6-9-18(24)22-17(23(28)16-7-4-3-5-8-16)15-20-25(2,19(22)10-13-24)14-11-21(27)26-20/h3-5,7-8,11,14,17-20,22-23,28H,6,9-10,12-13,15H2,1-2H3,(H,26,27)/t17-,18-,19-,20+,22-,23?,24-,25+/m0/s1. The first kappa shape index (κ1) is 18.4. The van der Waals surface area contributed by atoms with E-state index in [1.807, 2.05) is 18.2 Å². The fourth-order valence-corrected chi connectivity index (χ4v) is 7.62. The maximum Gasteiger partial charge on any atom is 0.243 e. The van der Waals surface area contributed by atoms with Crippen molar-refractivity contribution in [2.75, 3.05) is 0 Å². The van der Waals surface area contributed by atoms with Crippen molar-refractivity contribution in [1.82, 2.24) is 5.32 Å². The summed E-state index contributed by atoms with van der Waals surface area (Å²) < 4.78 is 0. The third-order valence-corrected chi connectivity index (χ3v) is 9.12. The number of rotatable bonds is 2. The fraction of sp³-hybridized carbons (Fsp3) is 0.640. The second-order valence-electron chi connectivity index (χ2n) is 10.4. The van der Waals surface area contributed by atoms with Gasteiger partial charge in [-0.3, -0.25) is 4.79 Å². The van der Waals surface area contributed by atoms with E-state index >= 15 is 0 Å². The monoisotopic (exact) mass is 379 g/mol. The van der Waals surface area contributed by atoms with Crippen LogP contribution in [0.5, 0.6) is 0 Å². The van der Waals surface area contributed by atoms with Crippen molar-refractivity contribution in [3.63, 3.8) is 0 Å². The molecule has 0 saturated heterocycles. The molecule has 1 heterocycles. The molecule has 0 radical (unpaired) electrons. The maximum absolute atomic E-state index is 12.1. The van der Waals surface area contributed by atoms with Crippen LogP contribution in [0.1, 0.15) is 64.0 Å². The van der Waals surface area contributed by atoms with E-state index in [1.54, 1.807) is 6.08 Å². The molecule has 3 saturated carbocycles. The Morgan fingerprint density at radius 1 is 1.11 bits per heavy atom. The molecule has 1 amide bonds. The van der Waals surface area contributed by atoms with Crippen molar-refractivity contribution >= 4 is 5.91 Å². The first-order valence-electron chi connectivity index (χ1n) is 11.2. The zero-order chi connectivity index (χ0) is 19.5. The highest BCUT2D eigenvalue weighted by Gasteiger charge is 2.61. The number of hydrogen-bond donors (Lipinski definition) is 2. The average molecular weight is 380 g/mol. The first-order valence-corrected chi connectivity index (χ1v) is 11.2. The van der Waals surface area contributed by atoms with Gasteiger partial charge in [0.15, 0.2) is 0 Å². The van der Waals surface area contributed by atoms with Crippen molar-refractivity contribution in [1.29, 1.82) is 0 Å². The topological polar surface area (TPSA) is 49.3 Å². The number of carbonyl (C=O) groups is 1. The van der Waals surface area contributed by atoms with E-state index in [4.69, 9.17) is 0 Å². The molecule has 1 aliphatic heterocycles. The van der Waals surface area contributed by atoms with E-state index in [9.17, 15) is 9.90 Å². The van der Waals surface area contributed by atoms with Gasteiger partial charge in [0, 0.05) is 11.5 Å². The molecule has 3 aliphatic carbocycles. The van der Waals surface area contributed by atoms with Crippen LogP contribution in [0, 0.1) is 34.5 Å². The lowest BCUT2D eigenvalue weighted by molar-refractivity contribution is -0.133. The van der Waals surface area contributed by atoms with E-state index in [1.165, 1.54) is 32.1 Å². The van der Waals surface area contributed by atoms with Gasteiger partial charge in [-0.1, -0.05) is 56.7 Å². The van der Waals surface area contributed by atoms with Crippen LogP contribution in [0.4, 0.5) is 0 Å². The summed E-state index contributed by atoms with van der Waals surface area (Å²) >= 11 is 0. The third-order valence-electron chi connectivity index (χ3n) is 9.12. The Labute approximate surface area is 168 Å². The van der Waals surface area contributed by atoms with E-state index < -0.39 is 6.10 Å². The van der Waals surface area contributed by atoms with Crippen LogP contribution < -0.4 is 5.32 Å². The van der Waals surface area contributed by atoms with Gasteiger partial charge in [-0.2, -0.15) is 0 Å². The van der Waals surface area contributed by atoms with Gasteiger partial charge >= 0.3 is 0 Å². The zero-order valence-corrected chi connectivity index (χ0v) is 17.1. The van der Waals surface area contributed by atoms with E-state index in [-0.39, 0.29) is 23.3 Å². The molecule has 3 heteroatoms. The van der Waals surface area contributed by atoms with E-state index in [0.717, 1.165) is 12.0 Å². The summed E-state index contributed by atoms with van der Waals surface area (Å²) in [4.78, 5) is 12.1. The molecule has 0 bridgehead atoms. The summed E-state index contributed by atoms with van der Waals surface area (Å²) in [7, 11) is 0. The van der Waals surface area contributed by atoms with Crippen molar-refractivity contribution < 1.29 is 9.90 Å². The first-order chi connectivity index (χ1) is 13.4. The maximum atomic E-state index is 12.1. The summed E-state index contributed by atoms with van der Waals surface area (Å²) in [5.74, 6) is 1.98. The summed E-state index contributed by atoms with van der Waals surface area (Å²) in [6.45, 7) is 4.85. The molecule has 0 aromatic heterocycles. The number of carbonyl (C=O) groups excluding carboxylic acids is 1. The quantitative estimate of drug-likeness (QED) is 0.787. The fourth-order valence-electron chi connectivity index (χ4n) is 7.62. The molecule has 5 rings (SSSR count). The molecular weight excluding hydrogens is 346 g/mol. The van der Waals surface area contributed by atoms with E-state index in [0.29, 0.717) is 23.2 Å². The van der Waals surface area contributed by atoms with Crippen LogP contribution in [0.3, 0.4) is 0 Å². The van der Waals surface area contributed by atoms with Gasteiger partial charge in [-0.25, -0.2) is 0 Å². The molecule has 3 nitrogen and oxygen atoms in total. The third kappa shape index (κ3) is 2.62. The molecule has 4 aliphatic rings. The molecule has 0 spiro atoms. The van der Waals surface area contributed by atoms with Crippen molar-refractivity contribution in [3.05, 3.63) is 48.0 Å². The van der Waals surface area contributed by atoms with Gasteiger partial charge < -0.3 is 10.4 Å². The van der Waals surface area contributed by atoms with Crippen molar-refractivity contribution in [2.45, 2.75) is 64.5 Å². The van der Waals surface area contributed by atoms with Crippen LogP contribution in [0.2, 0.25) is 0 Å². The van der Waals surface area contributed by atoms with Crippen LogP contribution in [-0.4, -0.2) is 17.1 Å². The Morgan fingerprint density at radius 3 is 2.68 bits per heavy atom. The van der Waals surface area contributed by atoms with Gasteiger partial charge in [-0.05, 0) is 72.8 Å². The van der Waals surface area contributed by atoms with Gasteiger partial charge in [0.25, 0.3) is 0 Å². The number of aliphatic hydroxyl groups excluding tert-OH is 1. The Hall–Kier alpha value is -1.61. The van der Waals surface area contributed by atoms with Crippen molar-refractivity contribution in [2.24, 2.45) is 34.5 Å². The zero-order valence-electron chi connectivity index (χ0n) is 17.1. The molecule has 150 valence electrons. The molecule has 28 heavy (non-hydrogen) atoms. The number of fused-ring (bicyclic) bond motifs is 5. The molecule has 2 N–H and O–H groups in total. The second-order valence-corrected chi connectivity index (χ2v) is 10.4. The Balaban J connectivity index is 1.58. The minimum atomic E-state index is -0.455. The summed E-state index contributed by atoms with van der Waals surface area (Å²) in [5.41, 5.74) is 1.47. The smallest absolute Gasteiger partial charge is 0.243 e. The van der Waals surface area contributed by atoms with Crippen LogP contribution >= 0.6 is 0 Å². The van der Waals surface area contributed by atoms with Gasteiger partial charge in [0.2, 0.25) is 5.91 Å². The Bertz CT molecular complexity index is 789. The van der Waals surface area contributed by atoms with Crippen molar-refractivity contribution in [3.8, 4) is 0 Å². The molecule has 1 aromatic carbocycles. The molecule has 3 fully saturated rings. The molecular formula is C25H33NO2. The normalized spacial score (nSPS) is 45.5. The Kier molecular flexibility index (Phi) is 4.24. The highest BCUT2D eigenvalue weighted by Crippen LogP contribution is 2.65. The Morgan fingerprint density at radius 2 is 1.89 bits per heavy atom. The lowest BCUT2D eigenvalue weighted by atomic mass is 9.45. The molecule has 8 atom stereocenters. The van der Waals surface area contributed by atoms with Gasteiger partial charge in [-0.15, -0.1) is 0 Å². The number of aliphatic hydroxyl groups is 1. The minimum Gasteiger partial charge on any atom is -0.388 e. The van der Waals surface area contributed by atoms with Crippen LogP contribution in [0.15, 0.2) is 42.5 Å². The summed E-state index contributed by atoms with van der Waals surface area (Å²) in [5, 5.41) is 14.8. The molecule has 1 aromatic rings. The summed E-state index contributed by atoms with van der Waals surface area (Å²) in [6, 6.07) is 10.3. The largest absolute Gasteiger partial charge is 0.388 e. The highest BCUT2D eigenvalue weighted by atomic mass is 16.3. The SMILES string of the molecule is C[C@@]12CCC[C@H]1[C@@H]1[C@@H](C(O)c3ccccc3)C[C@H]3NC(=O)C=C[C@]3(C)[C@H]1CC2. The molecule has 1 unspecified atom stereocenters. The highest BCUT2D eigenvalue weighted by molar-refractivity contribution is 5.89. The minimum absolute atomic E-state index is 0.00933. The van der Waals surface area contributed by atoms with Gasteiger partial charge in [0.1, 0.15) is 0 Å². The summed E-state index contributed by atoms with van der Waals surface area (Å²) in [6.07, 6.45) is 10.8. The van der Waals surface area contributed by atoms with E-state index in [2.05, 4.69) is 37.4 Å². The average Bonchev–Trinajstić information content (AvgIpc) is 3.10. The van der Waals surface area contributed by atoms with Crippen LogP contribution in [0.25, 0.3) is 0 Å². The van der Waals surface area contributed by atoms with Gasteiger partial charge in [0.05, 0.1) is 6.10 Å². The predicted octanol–water partition coefficient (Wildman–Crippen LogP) is 4.63.